The molecule has 3 heteroatoms. The molecule has 0 fully saturated rings. The van der Waals surface area contributed by atoms with Gasteiger partial charge < -0.3 is 4.74 Å². The maximum absolute atomic E-state index is 12.5. The number of hydrogen-bond donors (Lipinski definition) is 0. The van der Waals surface area contributed by atoms with Crippen molar-refractivity contribution in [2.45, 2.75) is 26.7 Å². The molecule has 1 aromatic carbocycles. The van der Waals surface area contributed by atoms with Crippen LogP contribution in [0.3, 0.4) is 0 Å². The lowest BCUT2D eigenvalue weighted by Crippen LogP contribution is -2.00. The molecular formula is C13H17BrFO. The Balaban J connectivity index is 2.73. The van der Waals surface area contributed by atoms with Gasteiger partial charge in [0.1, 0.15) is 5.75 Å². The largest absolute Gasteiger partial charge is 0.494 e. The van der Waals surface area contributed by atoms with E-state index in [0.29, 0.717) is 6.61 Å². The number of hydrogen-bond acceptors (Lipinski definition) is 1. The summed E-state index contributed by atoms with van der Waals surface area (Å²) in [6.45, 7) is 4.19. The molecule has 0 aliphatic carbocycles. The molecule has 0 saturated carbocycles. The third-order valence-electron chi connectivity index (χ3n) is 2.33. The second-order valence-corrected chi connectivity index (χ2v) is 4.71. The standard InChI is InChI=1S/C13H17BrFO/c1-3-4-5-16-13-7-11(10(2)9-15)6-12(14)8-13/h6-8H,3-5,9H2,1-2H3. The van der Waals surface area contributed by atoms with Gasteiger partial charge in [0.15, 0.2) is 0 Å². The van der Waals surface area contributed by atoms with E-state index in [0.717, 1.165) is 34.5 Å². The molecule has 89 valence electrons. The molecular weight excluding hydrogens is 271 g/mol. The zero-order valence-corrected chi connectivity index (χ0v) is 11.3. The summed E-state index contributed by atoms with van der Waals surface area (Å²) in [5.74, 6) is 1.52. The molecule has 0 atom stereocenters. The van der Waals surface area contributed by atoms with Gasteiger partial charge in [0, 0.05) is 10.4 Å². The van der Waals surface area contributed by atoms with Crippen molar-refractivity contribution in [3.05, 3.63) is 34.2 Å². The van der Waals surface area contributed by atoms with Crippen LogP contribution in [-0.2, 0) is 0 Å². The molecule has 0 unspecified atom stereocenters. The van der Waals surface area contributed by atoms with Crippen LogP contribution in [0.1, 0.15) is 32.3 Å². The fraction of sp³-hybridized carbons (Fsp3) is 0.462. The minimum absolute atomic E-state index is 0.426. The number of rotatable bonds is 6. The topological polar surface area (TPSA) is 9.23 Å². The molecule has 16 heavy (non-hydrogen) atoms. The van der Waals surface area contributed by atoms with Gasteiger partial charge in [-0.3, -0.25) is 4.39 Å². The summed E-state index contributed by atoms with van der Waals surface area (Å²) in [6.07, 6.45) is 2.14. The average Bonchev–Trinajstić information content (AvgIpc) is 2.27. The predicted octanol–water partition coefficient (Wildman–Crippen LogP) is 4.54. The predicted molar refractivity (Wildman–Crippen MR) is 68.5 cm³/mol. The molecule has 0 heterocycles. The first-order valence-corrected chi connectivity index (χ1v) is 6.28. The van der Waals surface area contributed by atoms with E-state index in [1.54, 1.807) is 6.92 Å². The normalized spacial score (nSPS) is 10.8. The Bertz CT molecular complexity index is 328. The number of benzene rings is 1. The van der Waals surface area contributed by atoms with Crippen molar-refractivity contribution in [2.75, 3.05) is 13.3 Å². The highest BCUT2D eigenvalue weighted by molar-refractivity contribution is 9.10. The van der Waals surface area contributed by atoms with E-state index in [2.05, 4.69) is 22.9 Å². The van der Waals surface area contributed by atoms with Gasteiger partial charge >= 0.3 is 0 Å². The molecule has 0 aromatic heterocycles. The molecule has 0 saturated heterocycles. The Labute approximate surface area is 105 Å². The second-order valence-electron chi connectivity index (χ2n) is 3.79. The van der Waals surface area contributed by atoms with Gasteiger partial charge in [-0.1, -0.05) is 36.2 Å². The first kappa shape index (κ1) is 13.5. The van der Waals surface area contributed by atoms with Crippen molar-refractivity contribution in [3.63, 3.8) is 0 Å². The highest BCUT2D eigenvalue weighted by Gasteiger charge is 2.08. The Morgan fingerprint density at radius 3 is 2.75 bits per heavy atom. The molecule has 0 amide bonds. The first-order chi connectivity index (χ1) is 7.67. The second kappa shape index (κ2) is 6.89. The van der Waals surface area contributed by atoms with Gasteiger partial charge in [0.2, 0.25) is 0 Å². The van der Waals surface area contributed by atoms with Crippen molar-refractivity contribution >= 4 is 15.9 Å². The maximum Gasteiger partial charge on any atom is 0.120 e. The van der Waals surface area contributed by atoms with Gasteiger partial charge in [-0.05, 0) is 30.2 Å². The quantitative estimate of drug-likeness (QED) is 0.698. The van der Waals surface area contributed by atoms with Gasteiger partial charge in [-0.15, -0.1) is 0 Å². The van der Waals surface area contributed by atoms with Crippen LogP contribution in [0, 0.1) is 5.92 Å². The summed E-state index contributed by atoms with van der Waals surface area (Å²) in [4.78, 5) is 0. The Kier molecular flexibility index (Phi) is 5.81. The SMILES string of the molecule is CCCCOc1cc(Br)cc([C](C)CF)c1. The van der Waals surface area contributed by atoms with Gasteiger partial charge in [-0.25, -0.2) is 0 Å². The fourth-order valence-corrected chi connectivity index (χ4v) is 1.78. The summed E-state index contributed by atoms with van der Waals surface area (Å²) in [5.41, 5.74) is 0.892. The average molecular weight is 288 g/mol. The summed E-state index contributed by atoms with van der Waals surface area (Å²) in [6, 6.07) is 5.70. The molecule has 1 rings (SSSR count). The maximum atomic E-state index is 12.5. The summed E-state index contributed by atoms with van der Waals surface area (Å²) < 4.78 is 19.1. The number of ether oxygens (including phenoxy) is 1. The number of halogens is 2. The van der Waals surface area contributed by atoms with Crippen molar-refractivity contribution < 1.29 is 9.13 Å². The molecule has 0 aliphatic heterocycles. The summed E-state index contributed by atoms with van der Waals surface area (Å²) in [5, 5.41) is 0. The Hall–Kier alpha value is -0.570. The first-order valence-electron chi connectivity index (χ1n) is 5.49. The van der Waals surface area contributed by atoms with Crippen molar-refractivity contribution in [1.29, 1.82) is 0 Å². The van der Waals surface area contributed by atoms with Gasteiger partial charge in [-0.2, -0.15) is 0 Å². The zero-order valence-electron chi connectivity index (χ0n) is 9.72. The van der Waals surface area contributed by atoms with Crippen LogP contribution in [0.2, 0.25) is 0 Å². The molecule has 0 aliphatic rings. The molecule has 1 radical (unpaired) electrons. The van der Waals surface area contributed by atoms with E-state index in [9.17, 15) is 4.39 Å². The monoisotopic (exact) mass is 287 g/mol. The fourth-order valence-electron chi connectivity index (χ4n) is 1.30. The van der Waals surface area contributed by atoms with Crippen molar-refractivity contribution in [3.8, 4) is 5.75 Å². The van der Waals surface area contributed by atoms with Gasteiger partial charge in [0.25, 0.3) is 0 Å². The van der Waals surface area contributed by atoms with Crippen LogP contribution in [-0.4, -0.2) is 13.3 Å². The van der Waals surface area contributed by atoms with E-state index in [1.165, 1.54) is 0 Å². The summed E-state index contributed by atoms with van der Waals surface area (Å²) >= 11 is 3.40. The minimum atomic E-state index is -0.426. The van der Waals surface area contributed by atoms with Crippen LogP contribution in [0.5, 0.6) is 5.75 Å². The third-order valence-corrected chi connectivity index (χ3v) is 2.79. The smallest absolute Gasteiger partial charge is 0.120 e. The molecule has 1 nitrogen and oxygen atoms in total. The molecule has 0 spiro atoms. The molecule has 1 aromatic rings. The highest BCUT2D eigenvalue weighted by atomic mass is 79.9. The lowest BCUT2D eigenvalue weighted by Gasteiger charge is -2.11. The summed E-state index contributed by atoms with van der Waals surface area (Å²) in [7, 11) is 0. The van der Waals surface area contributed by atoms with E-state index in [4.69, 9.17) is 4.74 Å². The zero-order chi connectivity index (χ0) is 12.0. The van der Waals surface area contributed by atoms with E-state index in [1.807, 2.05) is 18.2 Å². The highest BCUT2D eigenvalue weighted by Crippen LogP contribution is 2.26. The Morgan fingerprint density at radius 1 is 1.38 bits per heavy atom. The van der Waals surface area contributed by atoms with E-state index < -0.39 is 6.67 Å². The molecule has 0 bridgehead atoms. The third kappa shape index (κ3) is 4.12. The minimum Gasteiger partial charge on any atom is -0.494 e. The van der Waals surface area contributed by atoms with Crippen LogP contribution >= 0.6 is 15.9 Å². The van der Waals surface area contributed by atoms with Crippen LogP contribution < -0.4 is 4.74 Å². The van der Waals surface area contributed by atoms with Crippen LogP contribution in [0.15, 0.2) is 22.7 Å². The van der Waals surface area contributed by atoms with E-state index >= 15 is 0 Å². The van der Waals surface area contributed by atoms with Gasteiger partial charge in [0.05, 0.1) is 13.3 Å². The molecule has 0 N–H and O–H groups in total. The van der Waals surface area contributed by atoms with Crippen LogP contribution in [0.25, 0.3) is 0 Å². The Morgan fingerprint density at radius 2 is 2.12 bits per heavy atom. The van der Waals surface area contributed by atoms with Crippen molar-refractivity contribution in [1.82, 2.24) is 0 Å². The lowest BCUT2D eigenvalue weighted by molar-refractivity contribution is 0.309. The lowest BCUT2D eigenvalue weighted by atomic mass is 10.0. The van der Waals surface area contributed by atoms with Crippen LogP contribution in [0.4, 0.5) is 4.39 Å². The van der Waals surface area contributed by atoms with E-state index in [-0.39, 0.29) is 0 Å². The number of alkyl halides is 1. The number of unbranched alkanes of at least 4 members (excludes halogenated alkanes) is 1. The van der Waals surface area contributed by atoms with Crippen molar-refractivity contribution in [2.24, 2.45) is 0 Å².